The Morgan fingerprint density at radius 3 is 2.56 bits per heavy atom. The van der Waals surface area contributed by atoms with Gasteiger partial charge in [-0.25, -0.2) is 4.79 Å². The summed E-state index contributed by atoms with van der Waals surface area (Å²) >= 11 is 0. The quantitative estimate of drug-likeness (QED) is 0.405. The smallest absolute Gasteiger partial charge is 0.328 e. The van der Waals surface area contributed by atoms with Crippen LogP contribution in [0.3, 0.4) is 0 Å². The maximum Gasteiger partial charge on any atom is 0.328 e. The lowest BCUT2D eigenvalue weighted by molar-refractivity contribution is -0.150. The predicted octanol–water partition coefficient (Wildman–Crippen LogP) is 2.06. The van der Waals surface area contributed by atoms with Crippen LogP contribution in [-0.4, -0.2) is 49.0 Å². The van der Waals surface area contributed by atoms with Crippen molar-refractivity contribution in [2.75, 3.05) is 26.2 Å². The molecule has 0 spiro atoms. The molecule has 0 aliphatic carbocycles. The van der Waals surface area contributed by atoms with Crippen molar-refractivity contribution in [2.24, 2.45) is 0 Å². The van der Waals surface area contributed by atoms with Gasteiger partial charge in [-0.3, -0.25) is 4.79 Å². The van der Waals surface area contributed by atoms with E-state index in [1.807, 2.05) is 6.26 Å². The molecule has 0 rings (SSSR count). The van der Waals surface area contributed by atoms with Crippen molar-refractivity contribution in [1.82, 2.24) is 4.90 Å². The van der Waals surface area contributed by atoms with Gasteiger partial charge in [0.2, 0.25) is 5.91 Å². The summed E-state index contributed by atoms with van der Waals surface area (Å²) in [7, 11) is 7.89. The predicted molar refractivity (Wildman–Crippen MR) is 72.4 cm³/mol. The highest BCUT2D eigenvalue weighted by molar-refractivity contribution is 9.09. The molecule has 0 aliphatic heterocycles. The lowest BCUT2D eigenvalue weighted by Gasteiger charge is -2.22. The number of esters is 1. The summed E-state index contributed by atoms with van der Waals surface area (Å²) < 4.78 is 4.58. The molecule has 0 N–H and O–H groups in total. The van der Waals surface area contributed by atoms with Crippen LogP contribution in [0.25, 0.3) is 0 Å². The van der Waals surface area contributed by atoms with E-state index in [-0.39, 0.29) is 11.9 Å². The SMILES string of the molecule is COC(=O)C(C)N(C)C(=O)CCSSSC. The Kier molecular flexibility index (Phi) is 9.06. The number of nitrogens with zero attached hydrogens (tertiary/aromatic N) is 1. The van der Waals surface area contributed by atoms with Crippen LogP contribution >= 0.6 is 31.4 Å². The van der Waals surface area contributed by atoms with Crippen LogP contribution < -0.4 is 0 Å². The van der Waals surface area contributed by atoms with Gasteiger partial charge in [0.25, 0.3) is 0 Å². The molecule has 94 valence electrons. The van der Waals surface area contributed by atoms with Crippen molar-refractivity contribution < 1.29 is 14.3 Å². The minimum atomic E-state index is -0.518. The van der Waals surface area contributed by atoms with Crippen LogP contribution in [0, 0.1) is 0 Å². The van der Waals surface area contributed by atoms with E-state index in [1.54, 1.807) is 45.4 Å². The number of rotatable bonds is 7. The molecule has 1 atom stereocenters. The third-order valence-electron chi connectivity index (χ3n) is 2.03. The van der Waals surface area contributed by atoms with E-state index in [0.29, 0.717) is 6.42 Å². The number of hydrogen-bond acceptors (Lipinski definition) is 6. The molecule has 0 heterocycles. The number of hydrogen-bond donors (Lipinski definition) is 0. The van der Waals surface area contributed by atoms with Gasteiger partial charge in [0.05, 0.1) is 7.11 Å². The zero-order valence-electron chi connectivity index (χ0n) is 9.89. The molecule has 0 saturated heterocycles. The molecular weight excluding hydrogens is 266 g/mol. The van der Waals surface area contributed by atoms with Crippen LogP contribution in [-0.2, 0) is 14.3 Å². The fraction of sp³-hybridized carbons (Fsp3) is 0.778. The van der Waals surface area contributed by atoms with E-state index in [0.717, 1.165) is 5.75 Å². The Hall–Kier alpha value is -0.0100. The van der Waals surface area contributed by atoms with E-state index in [2.05, 4.69) is 4.74 Å². The Labute approximate surface area is 108 Å². The third-order valence-corrected chi connectivity index (χ3v) is 5.92. The van der Waals surface area contributed by atoms with Gasteiger partial charge in [0.1, 0.15) is 6.04 Å². The lowest BCUT2D eigenvalue weighted by atomic mass is 10.3. The van der Waals surface area contributed by atoms with Crippen molar-refractivity contribution in [3.8, 4) is 0 Å². The third kappa shape index (κ3) is 5.91. The molecule has 1 amide bonds. The highest BCUT2D eigenvalue weighted by Crippen LogP contribution is 2.32. The van der Waals surface area contributed by atoms with E-state index < -0.39 is 6.04 Å². The van der Waals surface area contributed by atoms with E-state index >= 15 is 0 Å². The second-order valence-electron chi connectivity index (χ2n) is 3.01. The van der Waals surface area contributed by atoms with Crippen LogP contribution in [0.5, 0.6) is 0 Å². The summed E-state index contributed by atoms with van der Waals surface area (Å²) in [5.41, 5.74) is 0. The molecule has 0 radical (unpaired) electrons. The molecule has 0 aliphatic rings. The largest absolute Gasteiger partial charge is 0.467 e. The number of likely N-dealkylation sites (N-methyl/N-ethyl adjacent to an activating group) is 1. The van der Waals surface area contributed by atoms with Gasteiger partial charge in [-0.05, 0) is 23.0 Å². The summed E-state index contributed by atoms with van der Waals surface area (Å²) in [5, 5.41) is 0. The Morgan fingerprint density at radius 2 is 2.06 bits per heavy atom. The molecule has 0 saturated carbocycles. The van der Waals surface area contributed by atoms with Crippen molar-refractivity contribution in [2.45, 2.75) is 19.4 Å². The molecule has 0 aromatic rings. The van der Waals surface area contributed by atoms with E-state index in [4.69, 9.17) is 0 Å². The van der Waals surface area contributed by atoms with Gasteiger partial charge in [-0.1, -0.05) is 21.6 Å². The molecule has 7 heteroatoms. The first-order chi connectivity index (χ1) is 7.54. The Morgan fingerprint density at radius 1 is 1.44 bits per heavy atom. The maximum absolute atomic E-state index is 11.7. The first-order valence-electron chi connectivity index (χ1n) is 4.70. The summed E-state index contributed by atoms with van der Waals surface area (Å²) in [6.45, 7) is 1.66. The van der Waals surface area contributed by atoms with Gasteiger partial charge in [0.15, 0.2) is 0 Å². The molecule has 0 fully saturated rings. The van der Waals surface area contributed by atoms with Crippen molar-refractivity contribution in [3.05, 3.63) is 0 Å². The maximum atomic E-state index is 11.7. The molecule has 4 nitrogen and oxygen atoms in total. The van der Waals surface area contributed by atoms with Gasteiger partial charge < -0.3 is 9.64 Å². The highest BCUT2D eigenvalue weighted by atomic mass is 33.5. The minimum Gasteiger partial charge on any atom is -0.467 e. The second kappa shape index (κ2) is 9.07. The minimum absolute atomic E-state index is 0.0351. The fourth-order valence-corrected chi connectivity index (χ4v) is 3.58. The summed E-state index contributed by atoms with van der Waals surface area (Å²) in [6, 6.07) is -0.518. The second-order valence-corrected chi connectivity index (χ2v) is 7.46. The first kappa shape index (κ1) is 16.0. The topological polar surface area (TPSA) is 46.6 Å². The van der Waals surface area contributed by atoms with Gasteiger partial charge >= 0.3 is 5.97 Å². The zero-order chi connectivity index (χ0) is 12.6. The number of ether oxygens (including phenoxy) is 1. The van der Waals surface area contributed by atoms with Crippen molar-refractivity contribution in [3.63, 3.8) is 0 Å². The van der Waals surface area contributed by atoms with Crippen LogP contribution in [0.1, 0.15) is 13.3 Å². The van der Waals surface area contributed by atoms with Gasteiger partial charge in [-0.15, -0.1) is 0 Å². The standard InChI is InChI=1S/C9H17NO3S3/c1-7(9(12)13-3)10(2)8(11)5-6-15-16-14-4/h7H,5-6H2,1-4H3. The van der Waals surface area contributed by atoms with E-state index in [1.165, 1.54) is 12.0 Å². The molecular formula is C9H17NO3S3. The summed E-state index contributed by atoms with van der Waals surface area (Å²) in [4.78, 5) is 24.3. The van der Waals surface area contributed by atoms with Crippen molar-refractivity contribution in [1.29, 1.82) is 0 Å². The molecule has 0 aromatic heterocycles. The lowest BCUT2D eigenvalue weighted by Crippen LogP contribution is -2.41. The normalized spacial score (nSPS) is 12.0. The van der Waals surface area contributed by atoms with Crippen LogP contribution in [0.4, 0.5) is 0 Å². The van der Waals surface area contributed by atoms with Gasteiger partial charge in [-0.2, -0.15) is 0 Å². The van der Waals surface area contributed by atoms with E-state index in [9.17, 15) is 9.59 Å². The number of methoxy groups -OCH3 is 1. The monoisotopic (exact) mass is 283 g/mol. The van der Waals surface area contributed by atoms with Gasteiger partial charge in [0, 0.05) is 19.2 Å². The summed E-state index contributed by atoms with van der Waals surface area (Å²) in [6.07, 6.45) is 2.43. The Balaban J connectivity index is 3.93. The average molecular weight is 283 g/mol. The summed E-state index contributed by atoms with van der Waals surface area (Å²) in [5.74, 6) is 0.330. The van der Waals surface area contributed by atoms with Crippen LogP contribution in [0.15, 0.2) is 0 Å². The zero-order valence-corrected chi connectivity index (χ0v) is 12.3. The molecule has 16 heavy (non-hydrogen) atoms. The molecule has 0 bridgehead atoms. The Bertz CT molecular complexity index is 238. The molecule has 0 aromatic carbocycles. The molecule has 1 unspecified atom stereocenters. The highest BCUT2D eigenvalue weighted by Gasteiger charge is 2.22. The van der Waals surface area contributed by atoms with Crippen LogP contribution in [0.2, 0.25) is 0 Å². The average Bonchev–Trinajstić information content (AvgIpc) is 2.31. The number of carbonyl (C=O) groups excluding carboxylic acids is 2. The van der Waals surface area contributed by atoms with Crippen molar-refractivity contribution >= 4 is 43.3 Å². The number of amides is 1. The fourth-order valence-electron chi connectivity index (χ4n) is 0.932. The number of carbonyl (C=O) groups is 2. The first-order valence-corrected chi connectivity index (χ1v) is 8.76.